The van der Waals surface area contributed by atoms with Gasteiger partial charge in [0.05, 0.1) is 5.69 Å². The van der Waals surface area contributed by atoms with Gasteiger partial charge in [-0.05, 0) is 62.3 Å². The molecule has 2 atom stereocenters. The largest absolute Gasteiger partial charge is 0.368 e. The van der Waals surface area contributed by atoms with Crippen molar-refractivity contribution in [2.75, 3.05) is 11.9 Å². The number of fused-ring (bicyclic) bond motifs is 1. The first-order valence-electron chi connectivity index (χ1n) is 13.3. The van der Waals surface area contributed by atoms with Crippen LogP contribution in [-0.4, -0.2) is 42.2 Å². The highest BCUT2D eigenvalue weighted by molar-refractivity contribution is 5.98. The van der Waals surface area contributed by atoms with Crippen LogP contribution in [0.2, 0.25) is 0 Å². The van der Waals surface area contributed by atoms with E-state index < -0.39 is 0 Å². The summed E-state index contributed by atoms with van der Waals surface area (Å²) in [5.41, 5.74) is 5.60. The zero-order valence-electron chi connectivity index (χ0n) is 21.7. The van der Waals surface area contributed by atoms with Gasteiger partial charge in [0.1, 0.15) is 17.5 Å². The van der Waals surface area contributed by atoms with Crippen LogP contribution in [0.25, 0.3) is 39.4 Å². The second-order valence-corrected chi connectivity index (χ2v) is 10.2. The standard InChI is InChI=1S/C30H31N7O/c1-20(2)36-16-13-25(34-36)24-19-37-28(27(24)22-8-4-3-5-9-22)30(32-18-23-12-11-21(23)14-17-38)33-29(35-37)26-10-6-7-15-31-26/h3-10,13,15-17,19-21,23H,11-12,14,18H2,1-2H3,(H,32,33,35)/t21-,23+/m0/s1. The molecule has 4 heterocycles. The minimum atomic E-state index is 0.260. The molecule has 1 N–H and O–H groups in total. The summed E-state index contributed by atoms with van der Waals surface area (Å²) in [5, 5.41) is 13.4. The Balaban J connectivity index is 1.53. The number of hydrogen-bond acceptors (Lipinski definition) is 6. The molecule has 38 heavy (non-hydrogen) atoms. The van der Waals surface area contributed by atoms with Crippen molar-refractivity contribution in [2.45, 2.75) is 39.2 Å². The number of benzene rings is 1. The van der Waals surface area contributed by atoms with Crippen LogP contribution in [0.4, 0.5) is 5.82 Å². The molecular formula is C30H31N7O. The molecule has 192 valence electrons. The third-order valence-corrected chi connectivity index (χ3v) is 7.51. The smallest absolute Gasteiger partial charge is 0.200 e. The van der Waals surface area contributed by atoms with E-state index in [9.17, 15) is 4.79 Å². The third-order valence-electron chi connectivity index (χ3n) is 7.51. The number of aromatic nitrogens is 6. The van der Waals surface area contributed by atoms with Crippen molar-refractivity contribution < 1.29 is 4.79 Å². The molecule has 0 saturated heterocycles. The first-order chi connectivity index (χ1) is 18.6. The van der Waals surface area contributed by atoms with Crippen LogP contribution in [0.3, 0.4) is 0 Å². The Morgan fingerprint density at radius 1 is 1.00 bits per heavy atom. The maximum absolute atomic E-state index is 11.1. The molecule has 1 saturated carbocycles. The fourth-order valence-electron chi connectivity index (χ4n) is 5.24. The van der Waals surface area contributed by atoms with E-state index in [4.69, 9.17) is 15.2 Å². The average Bonchev–Trinajstić information content (AvgIpc) is 3.58. The lowest BCUT2D eigenvalue weighted by Gasteiger charge is -2.35. The highest BCUT2D eigenvalue weighted by Gasteiger charge is 2.31. The van der Waals surface area contributed by atoms with Gasteiger partial charge in [-0.3, -0.25) is 9.67 Å². The fraction of sp³-hybridized carbons (Fsp3) is 0.300. The predicted molar refractivity (Wildman–Crippen MR) is 149 cm³/mol. The van der Waals surface area contributed by atoms with E-state index in [2.05, 4.69) is 42.3 Å². The number of carbonyl (C=O) groups is 1. The lowest BCUT2D eigenvalue weighted by molar-refractivity contribution is -0.109. The Bertz CT molecular complexity index is 1560. The second-order valence-electron chi connectivity index (χ2n) is 10.2. The molecule has 0 bridgehead atoms. The molecule has 0 spiro atoms. The summed E-state index contributed by atoms with van der Waals surface area (Å²) in [7, 11) is 0. The Labute approximate surface area is 221 Å². The molecule has 6 rings (SSSR count). The summed E-state index contributed by atoms with van der Waals surface area (Å²) in [6, 6.07) is 18.4. The van der Waals surface area contributed by atoms with Gasteiger partial charge in [0, 0.05) is 48.7 Å². The zero-order valence-corrected chi connectivity index (χ0v) is 21.7. The number of carbonyl (C=O) groups excluding carboxylic acids is 1. The van der Waals surface area contributed by atoms with Crippen LogP contribution >= 0.6 is 0 Å². The summed E-state index contributed by atoms with van der Waals surface area (Å²) >= 11 is 0. The van der Waals surface area contributed by atoms with Gasteiger partial charge in [-0.1, -0.05) is 36.4 Å². The highest BCUT2D eigenvalue weighted by Crippen LogP contribution is 2.40. The van der Waals surface area contributed by atoms with Gasteiger partial charge in [0.2, 0.25) is 5.82 Å². The summed E-state index contributed by atoms with van der Waals surface area (Å²) in [4.78, 5) is 20.6. The quantitative estimate of drug-likeness (QED) is 0.250. The van der Waals surface area contributed by atoms with Gasteiger partial charge in [-0.15, -0.1) is 5.10 Å². The summed E-state index contributed by atoms with van der Waals surface area (Å²) in [6.07, 6.45) is 9.70. The van der Waals surface area contributed by atoms with Crippen molar-refractivity contribution in [3.8, 4) is 33.9 Å². The first-order valence-corrected chi connectivity index (χ1v) is 13.3. The molecule has 1 fully saturated rings. The van der Waals surface area contributed by atoms with E-state index in [0.29, 0.717) is 29.8 Å². The van der Waals surface area contributed by atoms with E-state index in [1.54, 1.807) is 6.20 Å². The van der Waals surface area contributed by atoms with Crippen LogP contribution in [-0.2, 0) is 4.79 Å². The molecule has 1 aliphatic rings. The predicted octanol–water partition coefficient (Wildman–Crippen LogP) is 5.93. The van der Waals surface area contributed by atoms with Crippen LogP contribution in [0, 0.1) is 11.8 Å². The molecule has 4 aromatic heterocycles. The second kappa shape index (κ2) is 10.2. The SMILES string of the molecule is CC(C)n1ccc(-c2cn3nc(-c4ccccn4)nc(NC[C@H]4CC[C@H]4CC=O)c3c2-c2ccccc2)n1. The van der Waals surface area contributed by atoms with Gasteiger partial charge >= 0.3 is 0 Å². The molecule has 1 aromatic carbocycles. The van der Waals surface area contributed by atoms with E-state index in [1.807, 2.05) is 58.0 Å². The van der Waals surface area contributed by atoms with E-state index in [1.165, 1.54) is 0 Å². The van der Waals surface area contributed by atoms with Crippen LogP contribution in [0.5, 0.6) is 0 Å². The number of nitrogens with one attached hydrogen (secondary N) is 1. The molecule has 0 unspecified atom stereocenters. The van der Waals surface area contributed by atoms with Gasteiger partial charge in [-0.2, -0.15) is 5.10 Å². The molecule has 5 aromatic rings. The number of pyridine rings is 1. The molecule has 1 aliphatic carbocycles. The Hall–Kier alpha value is -4.33. The van der Waals surface area contributed by atoms with Crippen molar-refractivity contribution in [2.24, 2.45) is 11.8 Å². The fourth-order valence-corrected chi connectivity index (χ4v) is 5.24. The number of aldehydes is 1. The number of nitrogens with zero attached hydrogens (tertiary/aromatic N) is 6. The number of hydrogen-bond donors (Lipinski definition) is 1. The maximum atomic E-state index is 11.1. The minimum Gasteiger partial charge on any atom is -0.368 e. The van der Waals surface area contributed by atoms with Crippen molar-refractivity contribution in [1.82, 2.24) is 29.4 Å². The van der Waals surface area contributed by atoms with Gasteiger partial charge in [0.15, 0.2) is 5.82 Å². The van der Waals surface area contributed by atoms with Crippen molar-refractivity contribution in [1.29, 1.82) is 0 Å². The number of rotatable bonds is 9. The molecule has 8 nitrogen and oxygen atoms in total. The maximum Gasteiger partial charge on any atom is 0.200 e. The Morgan fingerprint density at radius 2 is 1.82 bits per heavy atom. The lowest BCUT2D eigenvalue weighted by atomic mass is 9.72. The average molecular weight is 506 g/mol. The summed E-state index contributed by atoms with van der Waals surface area (Å²) in [6.45, 7) is 5.00. The summed E-state index contributed by atoms with van der Waals surface area (Å²) in [5.74, 6) is 2.19. The minimum absolute atomic E-state index is 0.260. The van der Waals surface area contributed by atoms with Crippen molar-refractivity contribution in [3.63, 3.8) is 0 Å². The monoisotopic (exact) mass is 505 g/mol. The van der Waals surface area contributed by atoms with Crippen LogP contribution in [0.1, 0.15) is 39.2 Å². The molecule has 0 aliphatic heterocycles. The molecule has 0 radical (unpaired) electrons. The highest BCUT2D eigenvalue weighted by atomic mass is 16.1. The zero-order chi connectivity index (χ0) is 26.1. The van der Waals surface area contributed by atoms with Crippen LogP contribution in [0.15, 0.2) is 73.2 Å². The number of anilines is 1. The van der Waals surface area contributed by atoms with Gasteiger partial charge in [0.25, 0.3) is 0 Å². The van der Waals surface area contributed by atoms with E-state index >= 15 is 0 Å². The van der Waals surface area contributed by atoms with Gasteiger partial charge in [-0.25, -0.2) is 9.50 Å². The Kier molecular flexibility index (Phi) is 6.45. The summed E-state index contributed by atoms with van der Waals surface area (Å²) < 4.78 is 3.88. The van der Waals surface area contributed by atoms with Crippen molar-refractivity contribution in [3.05, 3.63) is 73.2 Å². The first kappa shape index (κ1) is 24.0. The third kappa shape index (κ3) is 4.47. The Morgan fingerprint density at radius 3 is 2.50 bits per heavy atom. The normalized spacial score (nSPS) is 17.0. The van der Waals surface area contributed by atoms with E-state index in [0.717, 1.165) is 59.4 Å². The molecule has 0 amide bonds. The van der Waals surface area contributed by atoms with E-state index in [-0.39, 0.29) is 6.04 Å². The van der Waals surface area contributed by atoms with Crippen molar-refractivity contribution >= 4 is 17.6 Å². The lowest BCUT2D eigenvalue weighted by Crippen LogP contribution is -2.32. The molecule has 8 heteroatoms. The van der Waals surface area contributed by atoms with Crippen LogP contribution < -0.4 is 5.32 Å². The molecular weight excluding hydrogens is 474 g/mol. The van der Waals surface area contributed by atoms with Gasteiger partial charge < -0.3 is 10.1 Å². The topological polar surface area (TPSA) is 90.0 Å².